The molecule has 1 rings (SSSR count). The highest BCUT2D eigenvalue weighted by Gasteiger charge is 2.10. The van der Waals surface area contributed by atoms with Crippen molar-refractivity contribution in [3.05, 3.63) is 40.0 Å². The van der Waals surface area contributed by atoms with Crippen molar-refractivity contribution in [1.82, 2.24) is 0 Å². The summed E-state index contributed by atoms with van der Waals surface area (Å²) in [4.78, 5) is 21.2. The van der Waals surface area contributed by atoms with Gasteiger partial charge in [0.1, 0.15) is 5.70 Å². The van der Waals surface area contributed by atoms with Crippen molar-refractivity contribution >= 4 is 40.8 Å². The Hall–Kier alpha value is -1.72. The number of aliphatic carboxylic acids is 2. The first-order valence-electron chi connectivity index (χ1n) is 4.29. The Morgan fingerprint density at radius 3 is 2.06 bits per heavy atom. The summed E-state index contributed by atoms with van der Waals surface area (Å²) in [6, 6.07) is 4.31. The summed E-state index contributed by atoms with van der Waals surface area (Å²) in [5.74, 6) is -2.77. The average molecular weight is 276 g/mol. The summed E-state index contributed by atoms with van der Waals surface area (Å²) < 4.78 is 0. The summed E-state index contributed by atoms with van der Waals surface area (Å²) in [5.41, 5.74) is -0.201. The SMILES string of the molecule is O=C(O)C=C(Nc1cc(Cl)cc(Cl)c1)C(=O)O. The number of halogens is 2. The highest BCUT2D eigenvalue weighted by Crippen LogP contribution is 2.23. The maximum absolute atomic E-state index is 10.7. The van der Waals surface area contributed by atoms with Crippen LogP contribution in [-0.4, -0.2) is 22.2 Å². The van der Waals surface area contributed by atoms with E-state index in [2.05, 4.69) is 5.32 Å². The van der Waals surface area contributed by atoms with Crippen LogP contribution in [0, 0.1) is 0 Å². The van der Waals surface area contributed by atoms with E-state index in [-0.39, 0.29) is 5.69 Å². The molecule has 17 heavy (non-hydrogen) atoms. The van der Waals surface area contributed by atoms with Gasteiger partial charge in [0.05, 0.1) is 6.08 Å². The Labute approximate surface area is 106 Å². The van der Waals surface area contributed by atoms with Gasteiger partial charge in [0.2, 0.25) is 0 Å². The summed E-state index contributed by atoms with van der Waals surface area (Å²) in [6.45, 7) is 0. The Balaban J connectivity index is 3.02. The number of hydrogen-bond acceptors (Lipinski definition) is 3. The molecule has 0 amide bonds. The lowest BCUT2D eigenvalue weighted by Crippen LogP contribution is -2.12. The molecule has 1 aromatic rings. The monoisotopic (exact) mass is 275 g/mol. The normalized spacial score (nSPS) is 11.1. The minimum Gasteiger partial charge on any atom is -0.478 e. The molecular weight excluding hydrogens is 269 g/mol. The lowest BCUT2D eigenvalue weighted by atomic mass is 10.3. The number of carboxylic acid groups (broad SMARTS) is 2. The van der Waals surface area contributed by atoms with Crippen LogP contribution in [0.3, 0.4) is 0 Å². The van der Waals surface area contributed by atoms with Crippen LogP contribution < -0.4 is 5.32 Å². The van der Waals surface area contributed by atoms with E-state index in [1.807, 2.05) is 0 Å². The van der Waals surface area contributed by atoms with Gasteiger partial charge in [0, 0.05) is 15.7 Å². The number of carbonyl (C=O) groups is 2. The van der Waals surface area contributed by atoms with E-state index in [4.69, 9.17) is 33.4 Å². The molecule has 0 aliphatic heterocycles. The largest absolute Gasteiger partial charge is 0.478 e. The van der Waals surface area contributed by atoms with Crippen LogP contribution in [0.5, 0.6) is 0 Å². The number of nitrogens with one attached hydrogen (secondary N) is 1. The molecule has 0 heterocycles. The fraction of sp³-hybridized carbons (Fsp3) is 0. The molecule has 7 heteroatoms. The number of hydrogen-bond donors (Lipinski definition) is 3. The van der Waals surface area contributed by atoms with E-state index in [0.29, 0.717) is 16.1 Å². The highest BCUT2D eigenvalue weighted by molar-refractivity contribution is 6.35. The summed E-state index contributed by atoms with van der Waals surface area (Å²) >= 11 is 11.4. The van der Waals surface area contributed by atoms with Crippen LogP contribution in [-0.2, 0) is 9.59 Å². The van der Waals surface area contributed by atoms with Crippen LogP contribution >= 0.6 is 23.2 Å². The van der Waals surface area contributed by atoms with Crippen molar-refractivity contribution < 1.29 is 19.8 Å². The molecule has 5 nitrogen and oxygen atoms in total. The molecule has 0 unspecified atom stereocenters. The zero-order valence-electron chi connectivity index (χ0n) is 8.28. The molecular formula is C10H7Cl2NO4. The van der Waals surface area contributed by atoms with Gasteiger partial charge in [-0.15, -0.1) is 0 Å². The van der Waals surface area contributed by atoms with Crippen LogP contribution in [0.4, 0.5) is 5.69 Å². The van der Waals surface area contributed by atoms with E-state index in [1.165, 1.54) is 18.2 Å². The number of rotatable bonds is 4. The van der Waals surface area contributed by atoms with Gasteiger partial charge in [-0.2, -0.15) is 0 Å². The van der Waals surface area contributed by atoms with E-state index < -0.39 is 17.6 Å². The standard InChI is InChI=1S/C10H7Cl2NO4/c11-5-1-6(12)3-7(2-5)13-8(10(16)17)4-9(14)15/h1-4,13H,(H,14,15)(H,16,17). The third kappa shape index (κ3) is 4.34. The van der Waals surface area contributed by atoms with Crippen LogP contribution in [0.15, 0.2) is 30.0 Å². The molecule has 0 aromatic heterocycles. The Morgan fingerprint density at radius 1 is 1.12 bits per heavy atom. The van der Waals surface area contributed by atoms with Gasteiger partial charge >= 0.3 is 11.9 Å². The van der Waals surface area contributed by atoms with E-state index in [0.717, 1.165) is 0 Å². The number of benzene rings is 1. The second-order valence-electron chi connectivity index (χ2n) is 2.98. The number of carboxylic acids is 2. The molecule has 0 saturated heterocycles. The number of anilines is 1. The fourth-order valence-electron chi connectivity index (χ4n) is 1.06. The average Bonchev–Trinajstić information content (AvgIpc) is 2.13. The summed E-state index contributed by atoms with van der Waals surface area (Å²) in [5, 5.41) is 20.3. The molecule has 0 aliphatic rings. The van der Waals surface area contributed by atoms with Crippen LogP contribution in [0.2, 0.25) is 10.0 Å². The van der Waals surface area contributed by atoms with Crippen molar-refractivity contribution in [2.24, 2.45) is 0 Å². The Kier molecular flexibility index (Phi) is 4.37. The van der Waals surface area contributed by atoms with Crippen LogP contribution in [0.1, 0.15) is 0 Å². The van der Waals surface area contributed by atoms with E-state index >= 15 is 0 Å². The van der Waals surface area contributed by atoms with Crippen molar-refractivity contribution in [1.29, 1.82) is 0 Å². The predicted molar refractivity (Wildman–Crippen MR) is 63.4 cm³/mol. The molecule has 90 valence electrons. The first kappa shape index (κ1) is 13.3. The molecule has 3 N–H and O–H groups in total. The lowest BCUT2D eigenvalue weighted by Gasteiger charge is -2.07. The molecule has 0 radical (unpaired) electrons. The minimum atomic E-state index is -1.40. The van der Waals surface area contributed by atoms with Crippen molar-refractivity contribution in [3.63, 3.8) is 0 Å². The molecule has 0 fully saturated rings. The first-order valence-corrected chi connectivity index (χ1v) is 5.05. The van der Waals surface area contributed by atoms with E-state index in [1.54, 1.807) is 0 Å². The smallest absolute Gasteiger partial charge is 0.352 e. The maximum atomic E-state index is 10.7. The second-order valence-corrected chi connectivity index (χ2v) is 3.86. The second kappa shape index (κ2) is 5.56. The highest BCUT2D eigenvalue weighted by atomic mass is 35.5. The van der Waals surface area contributed by atoms with Gasteiger partial charge in [0.15, 0.2) is 0 Å². The third-order valence-electron chi connectivity index (χ3n) is 1.64. The van der Waals surface area contributed by atoms with Gasteiger partial charge in [0.25, 0.3) is 0 Å². The quantitative estimate of drug-likeness (QED) is 0.735. The topological polar surface area (TPSA) is 86.6 Å². The van der Waals surface area contributed by atoms with Gasteiger partial charge < -0.3 is 15.5 Å². The first-order chi connectivity index (χ1) is 7.88. The lowest BCUT2D eigenvalue weighted by molar-refractivity contribution is -0.134. The van der Waals surface area contributed by atoms with Crippen molar-refractivity contribution in [3.8, 4) is 0 Å². The summed E-state index contributed by atoms with van der Waals surface area (Å²) in [7, 11) is 0. The molecule has 0 bridgehead atoms. The van der Waals surface area contributed by atoms with Crippen molar-refractivity contribution in [2.75, 3.05) is 5.32 Å². The Bertz CT molecular complexity index is 479. The van der Waals surface area contributed by atoms with Gasteiger partial charge in [-0.05, 0) is 18.2 Å². The van der Waals surface area contributed by atoms with Crippen molar-refractivity contribution in [2.45, 2.75) is 0 Å². The van der Waals surface area contributed by atoms with Gasteiger partial charge in [-0.1, -0.05) is 23.2 Å². The van der Waals surface area contributed by atoms with Gasteiger partial charge in [-0.3, -0.25) is 0 Å². The third-order valence-corrected chi connectivity index (χ3v) is 2.08. The van der Waals surface area contributed by atoms with Crippen LogP contribution in [0.25, 0.3) is 0 Å². The molecule has 0 atom stereocenters. The summed E-state index contributed by atoms with van der Waals surface area (Å²) in [6.07, 6.45) is 0.539. The molecule has 0 spiro atoms. The maximum Gasteiger partial charge on any atom is 0.352 e. The molecule has 0 saturated carbocycles. The minimum absolute atomic E-state index is 0.289. The predicted octanol–water partition coefficient (Wildman–Crippen LogP) is 2.46. The van der Waals surface area contributed by atoms with E-state index in [9.17, 15) is 9.59 Å². The zero-order chi connectivity index (χ0) is 13.0. The molecule has 1 aromatic carbocycles. The van der Waals surface area contributed by atoms with Gasteiger partial charge in [-0.25, -0.2) is 9.59 Å². The molecule has 0 aliphatic carbocycles. The Morgan fingerprint density at radius 2 is 1.65 bits per heavy atom. The fourth-order valence-corrected chi connectivity index (χ4v) is 1.58. The zero-order valence-corrected chi connectivity index (χ0v) is 9.79.